The second-order valence-corrected chi connectivity index (χ2v) is 6.49. The number of imidazole rings is 1. The highest BCUT2D eigenvalue weighted by Crippen LogP contribution is 2.38. The van der Waals surface area contributed by atoms with Gasteiger partial charge in [-0.15, -0.1) is 11.6 Å². The molecule has 1 fully saturated rings. The van der Waals surface area contributed by atoms with Crippen LogP contribution in [0.1, 0.15) is 44.9 Å². The lowest BCUT2D eigenvalue weighted by molar-refractivity contribution is 0.219. The molecular formula is C16H19ClF2N2. The van der Waals surface area contributed by atoms with Crippen molar-refractivity contribution in [3.63, 3.8) is 0 Å². The summed E-state index contributed by atoms with van der Waals surface area (Å²) in [6.07, 6.45) is 6.06. The summed E-state index contributed by atoms with van der Waals surface area (Å²) in [6.45, 7) is 2.16. The molecule has 1 aliphatic rings. The molecule has 0 spiro atoms. The molecule has 21 heavy (non-hydrogen) atoms. The first-order valence-corrected chi connectivity index (χ1v) is 8.01. The second-order valence-electron chi connectivity index (χ2n) is 6.12. The normalized spacial score (nSPS) is 18.3. The minimum atomic E-state index is -0.598. The first-order chi connectivity index (χ1) is 10.0. The maximum absolute atomic E-state index is 14.0. The van der Waals surface area contributed by atoms with Gasteiger partial charge in [0.25, 0.3) is 0 Å². The third-order valence-corrected chi connectivity index (χ3v) is 4.73. The molecule has 2 nitrogen and oxygen atoms in total. The molecule has 0 saturated heterocycles. The fourth-order valence-corrected chi connectivity index (χ4v) is 3.71. The third-order valence-electron chi connectivity index (χ3n) is 4.54. The number of aromatic nitrogens is 2. The highest BCUT2D eigenvalue weighted by atomic mass is 35.5. The van der Waals surface area contributed by atoms with Crippen molar-refractivity contribution in [3.8, 4) is 0 Å². The predicted molar refractivity (Wildman–Crippen MR) is 80.8 cm³/mol. The molecule has 0 atom stereocenters. The van der Waals surface area contributed by atoms with E-state index in [-0.39, 0.29) is 11.1 Å². The SMILES string of the molecule is CC1(n2c(CCCl)nc3c(F)cc(F)cc32)CCCCC1. The van der Waals surface area contributed by atoms with Crippen LogP contribution in [0.15, 0.2) is 12.1 Å². The molecule has 2 aromatic rings. The molecular weight excluding hydrogens is 294 g/mol. The first-order valence-electron chi connectivity index (χ1n) is 7.48. The van der Waals surface area contributed by atoms with Gasteiger partial charge in [-0.3, -0.25) is 0 Å². The summed E-state index contributed by atoms with van der Waals surface area (Å²) < 4.78 is 29.7. The van der Waals surface area contributed by atoms with Gasteiger partial charge in [-0.05, 0) is 25.8 Å². The lowest BCUT2D eigenvalue weighted by atomic mass is 9.82. The minimum absolute atomic E-state index is 0.130. The summed E-state index contributed by atoms with van der Waals surface area (Å²) in [5.74, 6) is 0.0228. The smallest absolute Gasteiger partial charge is 0.153 e. The molecule has 0 bridgehead atoms. The van der Waals surface area contributed by atoms with Crippen molar-refractivity contribution in [3.05, 3.63) is 29.6 Å². The molecule has 1 heterocycles. The molecule has 1 aromatic heterocycles. The number of halogens is 3. The summed E-state index contributed by atoms with van der Waals surface area (Å²) in [6, 6.07) is 2.29. The molecule has 0 amide bonds. The van der Waals surface area contributed by atoms with Crippen LogP contribution in [0.2, 0.25) is 0 Å². The predicted octanol–water partition coefficient (Wildman–Crippen LogP) is 4.78. The van der Waals surface area contributed by atoms with E-state index in [1.54, 1.807) is 0 Å². The van der Waals surface area contributed by atoms with Crippen molar-refractivity contribution in [2.45, 2.75) is 51.0 Å². The molecule has 114 valence electrons. The van der Waals surface area contributed by atoms with Crippen LogP contribution in [-0.2, 0) is 12.0 Å². The van der Waals surface area contributed by atoms with Gasteiger partial charge in [0.15, 0.2) is 5.82 Å². The van der Waals surface area contributed by atoms with Crippen molar-refractivity contribution in [1.29, 1.82) is 0 Å². The van der Waals surface area contributed by atoms with Crippen molar-refractivity contribution < 1.29 is 8.78 Å². The van der Waals surface area contributed by atoms with Gasteiger partial charge < -0.3 is 4.57 Å². The number of nitrogens with zero attached hydrogens (tertiary/aromatic N) is 2. The average molecular weight is 313 g/mol. The van der Waals surface area contributed by atoms with Gasteiger partial charge >= 0.3 is 0 Å². The Morgan fingerprint density at radius 1 is 1.24 bits per heavy atom. The number of aryl methyl sites for hydroxylation is 1. The lowest BCUT2D eigenvalue weighted by Crippen LogP contribution is -2.34. The van der Waals surface area contributed by atoms with Gasteiger partial charge in [0.2, 0.25) is 0 Å². The van der Waals surface area contributed by atoms with Crippen LogP contribution in [0.25, 0.3) is 11.0 Å². The Balaban J connectivity index is 2.24. The van der Waals surface area contributed by atoms with Crippen molar-refractivity contribution in [2.24, 2.45) is 0 Å². The van der Waals surface area contributed by atoms with E-state index in [4.69, 9.17) is 11.6 Å². The quantitative estimate of drug-likeness (QED) is 0.746. The highest BCUT2D eigenvalue weighted by molar-refractivity contribution is 6.17. The number of hydrogen-bond donors (Lipinski definition) is 0. The lowest BCUT2D eigenvalue weighted by Gasteiger charge is -2.37. The Morgan fingerprint density at radius 3 is 2.62 bits per heavy atom. The van der Waals surface area contributed by atoms with Crippen molar-refractivity contribution >= 4 is 22.6 Å². The van der Waals surface area contributed by atoms with Gasteiger partial charge in [0.1, 0.15) is 17.2 Å². The Morgan fingerprint density at radius 2 is 1.95 bits per heavy atom. The number of benzene rings is 1. The van der Waals surface area contributed by atoms with Gasteiger partial charge in [-0.2, -0.15) is 0 Å². The molecule has 0 N–H and O–H groups in total. The topological polar surface area (TPSA) is 17.8 Å². The number of fused-ring (bicyclic) bond motifs is 1. The Bertz CT molecular complexity index is 660. The largest absolute Gasteiger partial charge is 0.322 e. The van der Waals surface area contributed by atoms with Crippen LogP contribution in [-0.4, -0.2) is 15.4 Å². The zero-order valence-electron chi connectivity index (χ0n) is 12.1. The fraction of sp³-hybridized carbons (Fsp3) is 0.562. The summed E-state index contributed by atoms with van der Waals surface area (Å²) in [5.41, 5.74) is 0.676. The third kappa shape index (κ3) is 2.54. The van der Waals surface area contributed by atoms with Crippen LogP contribution in [0.3, 0.4) is 0 Å². The first kappa shape index (κ1) is 14.8. The van der Waals surface area contributed by atoms with Crippen LogP contribution in [0, 0.1) is 11.6 Å². The number of alkyl halides is 1. The molecule has 0 unspecified atom stereocenters. The number of rotatable bonds is 3. The Hall–Kier alpha value is -1.16. The molecule has 0 radical (unpaired) electrons. The molecule has 1 aromatic carbocycles. The van der Waals surface area contributed by atoms with Crippen LogP contribution in [0.4, 0.5) is 8.78 Å². The molecule has 1 saturated carbocycles. The zero-order chi connectivity index (χ0) is 15.0. The molecule has 3 rings (SSSR count). The summed E-state index contributed by atoms with van der Waals surface area (Å²) in [7, 11) is 0. The van der Waals surface area contributed by atoms with E-state index < -0.39 is 11.6 Å². The van der Waals surface area contributed by atoms with E-state index in [2.05, 4.69) is 11.9 Å². The number of hydrogen-bond acceptors (Lipinski definition) is 1. The highest BCUT2D eigenvalue weighted by Gasteiger charge is 2.32. The van der Waals surface area contributed by atoms with Gasteiger partial charge in [0, 0.05) is 23.9 Å². The maximum Gasteiger partial charge on any atom is 0.153 e. The molecule has 0 aliphatic heterocycles. The maximum atomic E-state index is 14.0. The minimum Gasteiger partial charge on any atom is -0.322 e. The van der Waals surface area contributed by atoms with Crippen LogP contribution in [0.5, 0.6) is 0 Å². The monoisotopic (exact) mass is 312 g/mol. The van der Waals surface area contributed by atoms with E-state index in [0.717, 1.165) is 37.6 Å². The van der Waals surface area contributed by atoms with E-state index in [9.17, 15) is 8.78 Å². The van der Waals surface area contributed by atoms with Crippen LogP contribution < -0.4 is 0 Å². The Labute approximate surface area is 128 Å². The van der Waals surface area contributed by atoms with E-state index in [0.29, 0.717) is 17.8 Å². The van der Waals surface area contributed by atoms with E-state index in [1.165, 1.54) is 12.5 Å². The van der Waals surface area contributed by atoms with Crippen LogP contribution >= 0.6 is 11.6 Å². The molecule has 1 aliphatic carbocycles. The van der Waals surface area contributed by atoms with Gasteiger partial charge in [-0.1, -0.05) is 19.3 Å². The van der Waals surface area contributed by atoms with Crippen molar-refractivity contribution in [2.75, 3.05) is 5.88 Å². The summed E-state index contributed by atoms with van der Waals surface area (Å²) >= 11 is 5.87. The Kier molecular flexibility index (Phi) is 3.91. The van der Waals surface area contributed by atoms with Crippen molar-refractivity contribution in [1.82, 2.24) is 9.55 Å². The van der Waals surface area contributed by atoms with E-state index >= 15 is 0 Å². The summed E-state index contributed by atoms with van der Waals surface area (Å²) in [5, 5.41) is 0. The average Bonchev–Trinajstić information content (AvgIpc) is 2.79. The van der Waals surface area contributed by atoms with Gasteiger partial charge in [0.05, 0.1) is 5.52 Å². The van der Waals surface area contributed by atoms with Gasteiger partial charge in [-0.25, -0.2) is 13.8 Å². The van der Waals surface area contributed by atoms with E-state index in [1.807, 2.05) is 4.57 Å². The fourth-order valence-electron chi connectivity index (χ4n) is 3.54. The zero-order valence-corrected chi connectivity index (χ0v) is 12.9. The molecule has 5 heteroatoms. The summed E-state index contributed by atoms with van der Waals surface area (Å²) in [4.78, 5) is 4.40. The second kappa shape index (κ2) is 5.56. The standard InChI is InChI=1S/C16H19ClF2N2/c1-16(6-3-2-4-7-16)21-13-10-11(18)9-12(19)15(13)20-14(21)5-8-17/h9-10H,2-8H2,1H3.